The molecule has 2 unspecified atom stereocenters. The van der Waals surface area contributed by atoms with E-state index in [4.69, 9.17) is 5.11 Å². The normalized spacial score (nSPS) is 23.0. The molecule has 1 aliphatic rings. The molecule has 0 saturated heterocycles. The summed E-state index contributed by atoms with van der Waals surface area (Å²) in [5, 5.41) is 8.88. The number of hydrogen-bond acceptors (Lipinski definition) is 2. The second kappa shape index (κ2) is 5.91. The Hall–Kier alpha value is -0.830. The zero-order valence-electron chi connectivity index (χ0n) is 9.65. The van der Waals surface area contributed by atoms with Crippen LogP contribution in [-0.4, -0.2) is 35.1 Å². The Bertz CT molecular complexity index is 238. The van der Waals surface area contributed by atoms with Crippen molar-refractivity contribution in [3.63, 3.8) is 0 Å². The van der Waals surface area contributed by atoms with E-state index in [0.29, 0.717) is 12.6 Å². The van der Waals surface area contributed by atoms with Crippen LogP contribution < -0.4 is 0 Å². The Kier molecular flexibility index (Phi) is 4.82. The number of rotatable bonds is 5. The van der Waals surface area contributed by atoms with E-state index >= 15 is 0 Å². The predicted octanol–water partition coefficient (Wildman–Crippen LogP) is 2.14. The van der Waals surface area contributed by atoms with Crippen LogP contribution >= 0.6 is 0 Å². The lowest BCUT2D eigenvalue weighted by Gasteiger charge is -2.31. The largest absolute Gasteiger partial charge is 0.481 e. The molecule has 0 fully saturated rings. The Balaban J connectivity index is 2.50. The van der Waals surface area contributed by atoms with Gasteiger partial charge in [-0.1, -0.05) is 26.0 Å². The molecule has 15 heavy (non-hydrogen) atoms. The molecule has 0 spiro atoms. The van der Waals surface area contributed by atoms with Gasteiger partial charge in [-0.25, -0.2) is 0 Å². The lowest BCUT2D eigenvalue weighted by Crippen LogP contribution is -2.39. The monoisotopic (exact) mass is 211 g/mol. The summed E-state index contributed by atoms with van der Waals surface area (Å²) in [5.74, 6) is -0.978. The smallest absolute Gasteiger partial charge is 0.307 e. The van der Waals surface area contributed by atoms with E-state index in [9.17, 15) is 4.79 Å². The van der Waals surface area contributed by atoms with Crippen LogP contribution in [0, 0.1) is 5.92 Å². The van der Waals surface area contributed by atoms with Crippen molar-refractivity contribution in [2.75, 3.05) is 13.1 Å². The second-order valence-corrected chi connectivity index (χ2v) is 4.25. The Morgan fingerprint density at radius 3 is 2.87 bits per heavy atom. The molecular formula is C12H21NO2. The maximum absolute atomic E-state index is 10.8. The van der Waals surface area contributed by atoms with Crippen LogP contribution in [-0.2, 0) is 4.79 Å². The molecule has 2 atom stereocenters. The van der Waals surface area contributed by atoms with Gasteiger partial charge in [0.25, 0.3) is 0 Å². The molecule has 1 aliphatic carbocycles. The zero-order chi connectivity index (χ0) is 11.3. The predicted molar refractivity (Wildman–Crippen MR) is 60.8 cm³/mol. The van der Waals surface area contributed by atoms with E-state index in [1.54, 1.807) is 6.92 Å². The number of allylic oxidation sites excluding steroid dienone is 1. The van der Waals surface area contributed by atoms with E-state index in [2.05, 4.69) is 24.0 Å². The van der Waals surface area contributed by atoms with Crippen molar-refractivity contribution in [3.05, 3.63) is 12.2 Å². The fourth-order valence-electron chi connectivity index (χ4n) is 2.03. The van der Waals surface area contributed by atoms with Gasteiger partial charge in [-0.05, 0) is 25.8 Å². The summed E-state index contributed by atoms with van der Waals surface area (Å²) in [7, 11) is 0. The van der Waals surface area contributed by atoms with Gasteiger partial charge in [0.2, 0.25) is 0 Å². The molecule has 0 heterocycles. The fourth-order valence-corrected chi connectivity index (χ4v) is 2.03. The van der Waals surface area contributed by atoms with Crippen LogP contribution in [0.1, 0.15) is 33.1 Å². The number of likely N-dealkylation sites (N-methyl/N-ethyl adjacent to an activating group) is 1. The van der Waals surface area contributed by atoms with Gasteiger partial charge in [-0.2, -0.15) is 0 Å². The number of carboxylic acid groups (broad SMARTS) is 1. The molecule has 3 nitrogen and oxygen atoms in total. The Labute approximate surface area is 91.8 Å². The number of carbonyl (C=O) groups is 1. The van der Waals surface area contributed by atoms with Crippen molar-refractivity contribution >= 4 is 5.97 Å². The summed E-state index contributed by atoms with van der Waals surface area (Å²) < 4.78 is 0. The van der Waals surface area contributed by atoms with Crippen molar-refractivity contribution in [2.24, 2.45) is 5.92 Å². The van der Waals surface area contributed by atoms with Crippen LogP contribution in [0.25, 0.3) is 0 Å². The molecular weight excluding hydrogens is 190 g/mol. The van der Waals surface area contributed by atoms with Gasteiger partial charge in [-0.3, -0.25) is 9.69 Å². The lowest BCUT2D eigenvalue weighted by atomic mass is 10.00. The SMILES string of the molecule is CCN(CC(C)C(=O)O)C1C=CCCC1. The molecule has 0 amide bonds. The van der Waals surface area contributed by atoms with Crippen molar-refractivity contribution in [3.8, 4) is 0 Å². The minimum absolute atomic E-state index is 0.278. The highest BCUT2D eigenvalue weighted by molar-refractivity contribution is 5.69. The molecule has 0 aliphatic heterocycles. The number of aliphatic carboxylic acids is 1. The average Bonchev–Trinajstić information content (AvgIpc) is 2.26. The van der Waals surface area contributed by atoms with Crippen molar-refractivity contribution < 1.29 is 9.90 Å². The van der Waals surface area contributed by atoms with Crippen molar-refractivity contribution in [1.82, 2.24) is 4.90 Å². The number of carboxylic acids is 1. The molecule has 0 radical (unpaired) electrons. The highest BCUT2D eigenvalue weighted by atomic mass is 16.4. The third-order valence-corrected chi connectivity index (χ3v) is 3.03. The van der Waals surface area contributed by atoms with Crippen LogP contribution in [0.2, 0.25) is 0 Å². The summed E-state index contributed by atoms with van der Waals surface area (Å²) in [6, 6.07) is 0.450. The minimum Gasteiger partial charge on any atom is -0.481 e. The standard InChI is InChI=1S/C12H21NO2/c1-3-13(9-10(2)12(14)15)11-7-5-4-6-8-11/h5,7,10-11H,3-4,6,8-9H2,1-2H3,(H,14,15). The van der Waals surface area contributed by atoms with E-state index in [0.717, 1.165) is 13.0 Å². The molecule has 1 rings (SSSR count). The van der Waals surface area contributed by atoms with Gasteiger partial charge >= 0.3 is 5.97 Å². The number of hydrogen-bond donors (Lipinski definition) is 1. The Morgan fingerprint density at radius 1 is 1.67 bits per heavy atom. The molecule has 0 aromatic heterocycles. The average molecular weight is 211 g/mol. The second-order valence-electron chi connectivity index (χ2n) is 4.25. The van der Waals surface area contributed by atoms with E-state index < -0.39 is 5.97 Å². The highest BCUT2D eigenvalue weighted by Crippen LogP contribution is 2.17. The molecule has 3 heteroatoms. The van der Waals surface area contributed by atoms with Crippen LogP contribution in [0.3, 0.4) is 0 Å². The first-order chi connectivity index (χ1) is 7.15. The van der Waals surface area contributed by atoms with Gasteiger partial charge in [0.1, 0.15) is 0 Å². The fraction of sp³-hybridized carbons (Fsp3) is 0.750. The summed E-state index contributed by atoms with van der Waals surface area (Å²) >= 11 is 0. The van der Waals surface area contributed by atoms with E-state index in [-0.39, 0.29) is 5.92 Å². The summed E-state index contributed by atoms with van der Waals surface area (Å²) in [6.07, 6.45) is 7.99. The summed E-state index contributed by atoms with van der Waals surface area (Å²) in [6.45, 7) is 5.45. The minimum atomic E-state index is -0.701. The third kappa shape index (κ3) is 3.67. The van der Waals surface area contributed by atoms with E-state index in [1.807, 2.05) is 0 Å². The third-order valence-electron chi connectivity index (χ3n) is 3.03. The van der Waals surface area contributed by atoms with Gasteiger partial charge in [-0.15, -0.1) is 0 Å². The van der Waals surface area contributed by atoms with E-state index in [1.165, 1.54) is 12.8 Å². The number of nitrogens with zero attached hydrogens (tertiary/aromatic N) is 1. The van der Waals surface area contributed by atoms with Crippen LogP contribution in [0.15, 0.2) is 12.2 Å². The van der Waals surface area contributed by atoms with Gasteiger partial charge in [0.05, 0.1) is 5.92 Å². The highest BCUT2D eigenvalue weighted by Gasteiger charge is 2.21. The molecule has 0 saturated carbocycles. The lowest BCUT2D eigenvalue weighted by molar-refractivity contribution is -0.141. The first kappa shape index (κ1) is 12.2. The van der Waals surface area contributed by atoms with Crippen molar-refractivity contribution in [1.29, 1.82) is 0 Å². The zero-order valence-corrected chi connectivity index (χ0v) is 9.65. The molecule has 0 bridgehead atoms. The first-order valence-electron chi connectivity index (χ1n) is 5.78. The summed E-state index contributed by atoms with van der Waals surface area (Å²) in [4.78, 5) is 13.0. The van der Waals surface area contributed by atoms with Gasteiger partial charge in [0.15, 0.2) is 0 Å². The molecule has 1 N–H and O–H groups in total. The molecule has 86 valence electrons. The van der Waals surface area contributed by atoms with Crippen molar-refractivity contribution in [2.45, 2.75) is 39.2 Å². The quantitative estimate of drug-likeness (QED) is 0.708. The van der Waals surface area contributed by atoms with Crippen LogP contribution in [0.5, 0.6) is 0 Å². The maximum Gasteiger partial charge on any atom is 0.307 e. The molecule has 0 aromatic carbocycles. The summed E-state index contributed by atoms with van der Waals surface area (Å²) in [5.41, 5.74) is 0. The topological polar surface area (TPSA) is 40.5 Å². The Morgan fingerprint density at radius 2 is 2.40 bits per heavy atom. The van der Waals surface area contributed by atoms with Crippen LogP contribution in [0.4, 0.5) is 0 Å². The van der Waals surface area contributed by atoms with Gasteiger partial charge in [0, 0.05) is 12.6 Å². The maximum atomic E-state index is 10.8. The van der Waals surface area contributed by atoms with Gasteiger partial charge < -0.3 is 5.11 Å². The first-order valence-corrected chi connectivity index (χ1v) is 5.78. The molecule has 0 aromatic rings.